The number of halogens is 2. The second kappa shape index (κ2) is 6.32. The summed E-state index contributed by atoms with van der Waals surface area (Å²) in [5.74, 6) is -0.275. The standard InChI is InChI=1S/C19H17BCl2N2O2/c20-12-5-3-11(4-6-12)16-2-1-7-19(16)17(25)24(18(26)23-19)15-9-13(21)8-14(22)10-15/h3-6,8-10,16H,1-2,7,20H2,(H,23,26)/t16-,19+/m0/s1. The normalized spacial score (nSPS) is 25.2. The molecule has 26 heavy (non-hydrogen) atoms. The number of carbonyl (C=O) groups is 2. The topological polar surface area (TPSA) is 49.4 Å². The van der Waals surface area contributed by atoms with Crippen LogP contribution in [-0.2, 0) is 4.79 Å². The Balaban J connectivity index is 1.74. The summed E-state index contributed by atoms with van der Waals surface area (Å²) in [6, 6.07) is 12.5. The molecule has 1 N–H and O–H groups in total. The average molecular weight is 387 g/mol. The van der Waals surface area contributed by atoms with Crippen LogP contribution in [-0.4, -0.2) is 25.3 Å². The van der Waals surface area contributed by atoms with Gasteiger partial charge in [0.1, 0.15) is 13.4 Å². The van der Waals surface area contributed by atoms with E-state index in [1.807, 2.05) is 32.1 Å². The van der Waals surface area contributed by atoms with E-state index in [1.165, 1.54) is 4.90 Å². The first-order valence-electron chi connectivity index (χ1n) is 8.60. The monoisotopic (exact) mass is 386 g/mol. The smallest absolute Gasteiger partial charge is 0.322 e. The van der Waals surface area contributed by atoms with E-state index in [-0.39, 0.29) is 11.8 Å². The number of amides is 3. The van der Waals surface area contributed by atoms with Gasteiger partial charge in [0.15, 0.2) is 0 Å². The molecule has 0 bridgehead atoms. The summed E-state index contributed by atoms with van der Waals surface area (Å²) in [5.41, 5.74) is 1.74. The van der Waals surface area contributed by atoms with Gasteiger partial charge in [-0.1, -0.05) is 52.9 Å². The van der Waals surface area contributed by atoms with Crippen LogP contribution in [0.2, 0.25) is 10.0 Å². The number of rotatable bonds is 2. The van der Waals surface area contributed by atoms with Crippen molar-refractivity contribution in [1.29, 1.82) is 0 Å². The van der Waals surface area contributed by atoms with Gasteiger partial charge in [0.2, 0.25) is 0 Å². The largest absolute Gasteiger partial charge is 0.329 e. The van der Waals surface area contributed by atoms with Crippen LogP contribution in [0.3, 0.4) is 0 Å². The maximum absolute atomic E-state index is 13.4. The van der Waals surface area contributed by atoms with Crippen molar-refractivity contribution in [2.75, 3.05) is 4.90 Å². The molecular weight excluding hydrogens is 370 g/mol. The van der Waals surface area contributed by atoms with Gasteiger partial charge >= 0.3 is 6.03 Å². The van der Waals surface area contributed by atoms with E-state index in [2.05, 4.69) is 5.32 Å². The van der Waals surface area contributed by atoms with Crippen LogP contribution in [0.1, 0.15) is 30.7 Å². The lowest BCUT2D eigenvalue weighted by molar-refractivity contribution is -0.122. The van der Waals surface area contributed by atoms with Crippen LogP contribution >= 0.6 is 23.2 Å². The van der Waals surface area contributed by atoms with Gasteiger partial charge in [0.25, 0.3) is 5.91 Å². The predicted octanol–water partition coefficient (Wildman–Crippen LogP) is 3.01. The number of hydrogen-bond donors (Lipinski definition) is 1. The second-order valence-corrected chi connectivity index (χ2v) is 7.90. The predicted molar refractivity (Wildman–Crippen MR) is 106 cm³/mol. The van der Waals surface area contributed by atoms with Gasteiger partial charge in [-0.05, 0) is 43.0 Å². The molecule has 2 aromatic rings. The summed E-state index contributed by atoms with van der Waals surface area (Å²) in [5, 5.41) is 3.75. The Morgan fingerprint density at radius 2 is 1.73 bits per heavy atom. The minimum atomic E-state index is -0.902. The van der Waals surface area contributed by atoms with Gasteiger partial charge in [0, 0.05) is 16.0 Å². The third-order valence-electron chi connectivity index (χ3n) is 5.36. The van der Waals surface area contributed by atoms with Crippen molar-refractivity contribution >= 4 is 54.1 Å². The number of nitrogens with zero attached hydrogens (tertiary/aromatic N) is 1. The van der Waals surface area contributed by atoms with Crippen LogP contribution < -0.4 is 15.7 Å². The number of urea groups is 1. The highest BCUT2D eigenvalue weighted by Gasteiger charge is 2.58. The third-order valence-corrected chi connectivity index (χ3v) is 5.80. The molecule has 2 aliphatic rings. The molecule has 1 saturated carbocycles. The molecule has 0 aromatic heterocycles. The molecule has 0 radical (unpaired) electrons. The van der Waals surface area contributed by atoms with Crippen molar-refractivity contribution < 1.29 is 9.59 Å². The van der Waals surface area contributed by atoms with E-state index in [1.54, 1.807) is 18.2 Å². The Morgan fingerprint density at radius 3 is 2.38 bits per heavy atom. The minimum absolute atomic E-state index is 0.0424. The molecule has 2 aromatic carbocycles. The first-order chi connectivity index (χ1) is 12.4. The quantitative estimate of drug-likeness (QED) is 0.637. The molecule has 4 nitrogen and oxygen atoms in total. The van der Waals surface area contributed by atoms with E-state index < -0.39 is 11.6 Å². The van der Waals surface area contributed by atoms with Crippen LogP contribution in [0.15, 0.2) is 42.5 Å². The van der Waals surface area contributed by atoms with Gasteiger partial charge in [-0.25, -0.2) is 9.69 Å². The molecule has 132 valence electrons. The molecular formula is C19H17BCl2N2O2. The first-order valence-corrected chi connectivity index (χ1v) is 9.36. The van der Waals surface area contributed by atoms with Crippen molar-refractivity contribution in [3.63, 3.8) is 0 Å². The van der Waals surface area contributed by atoms with Crippen molar-refractivity contribution in [2.45, 2.75) is 30.7 Å². The molecule has 1 aliphatic heterocycles. The highest BCUT2D eigenvalue weighted by molar-refractivity contribution is 6.36. The Labute approximate surface area is 162 Å². The number of nitrogens with one attached hydrogen (secondary N) is 1. The molecule has 1 aliphatic carbocycles. The molecule has 4 rings (SSSR count). The summed E-state index contributed by atoms with van der Waals surface area (Å²) < 4.78 is 0. The van der Waals surface area contributed by atoms with Crippen LogP contribution in [0.5, 0.6) is 0 Å². The lowest BCUT2D eigenvalue weighted by Crippen LogP contribution is -2.49. The molecule has 2 atom stereocenters. The summed E-state index contributed by atoms with van der Waals surface area (Å²) in [6.07, 6.45) is 2.37. The fraction of sp³-hybridized carbons (Fsp3) is 0.263. The highest BCUT2D eigenvalue weighted by atomic mass is 35.5. The Hall–Kier alpha value is -1.98. The van der Waals surface area contributed by atoms with Gasteiger partial charge < -0.3 is 5.32 Å². The average Bonchev–Trinajstić information content (AvgIpc) is 3.09. The number of carbonyl (C=O) groups excluding carboxylic acids is 2. The lowest BCUT2D eigenvalue weighted by atomic mass is 9.80. The van der Waals surface area contributed by atoms with Crippen LogP contribution in [0.25, 0.3) is 0 Å². The zero-order valence-electron chi connectivity index (χ0n) is 14.3. The fourth-order valence-corrected chi connectivity index (χ4v) is 4.67. The molecule has 0 unspecified atom stereocenters. The fourth-order valence-electron chi connectivity index (χ4n) is 4.16. The Bertz CT molecular complexity index is 883. The van der Waals surface area contributed by atoms with Crippen molar-refractivity contribution in [2.24, 2.45) is 0 Å². The zero-order valence-corrected chi connectivity index (χ0v) is 15.8. The van der Waals surface area contributed by atoms with Crippen LogP contribution in [0.4, 0.5) is 10.5 Å². The van der Waals surface area contributed by atoms with E-state index in [9.17, 15) is 9.59 Å². The number of anilines is 1. The van der Waals surface area contributed by atoms with Gasteiger partial charge in [-0.3, -0.25) is 4.79 Å². The molecule has 1 spiro atoms. The van der Waals surface area contributed by atoms with Gasteiger partial charge in [0.05, 0.1) is 5.69 Å². The minimum Gasteiger partial charge on any atom is -0.322 e. The molecule has 1 saturated heterocycles. The molecule has 3 amide bonds. The van der Waals surface area contributed by atoms with E-state index in [0.717, 1.165) is 23.9 Å². The van der Waals surface area contributed by atoms with Crippen molar-refractivity contribution in [1.82, 2.24) is 5.32 Å². The summed E-state index contributed by atoms with van der Waals surface area (Å²) in [4.78, 5) is 27.2. The summed E-state index contributed by atoms with van der Waals surface area (Å²) in [6.45, 7) is 0. The third kappa shape index (κ3) is 2.70. The van der Waals surface area contributed by atoms with Crippen LogP contribution in [0, 0.1) is 0 Å². The highest BCUT2D eigenvalue weighted by Crippen LogP contribution is 2.47. The zero-order chi connectivity index (χ0) is 18.5. The van der Waals surface area contributed by atoms with E-state index >= 15 is 0 Å². The maximum Gasteiger partial charge on any atom is 0.329 e. The van der Waals surface area contributed by atoms with Gasteiger partial charge in [-0.15, -0.1) is 0 Å². The Kier molecular flexibility index (Phi) is 4.24. The number of benzene rings is 2. The van der Waals surface area contributed by atoms with E-state index in [0.29, 0.717) is 22.2 Å². The summed E-state index contributed by atoms with van der Waals surface area (Å²) >= 11 is 12.1. The van der Waals surface area contributed by atoms with Crippen molar-refractivity contribution in [3.8, 4) is 0 Å². The van der Waals surface area contributed by atoms with E-state index in [4.69, 9.17) is 23.2 Å². The number of imide groups is 1. The molecule has 1 heterocycles. The second-order valence-electron chi connectivity index (χ2n) is 7.03. The number of hydrogen-bond acceptors (Lipinski definition) is 2. The SMILES string of the molecule is Bc1ccc([C@@H]2CCC[C@@]23NC(=O)N(c2cc(Cl)cc(Cl)c2)C3=O)cc1. The van der Waals surface area contributed by atoms with Gasteiger partial charge in [-0.2, -0.15) is 0 Å². The molecule has 2 fully saturated rings. The Morgan fingerprint density at radius 1 is 1.08 bits per heavy atom. The first kappa shape index (κ1) is 17.4. The molecule has 7 heteroatoms. The summed E-state index contributed by atoms with van der Waals surface area (Å²) in [7, 11) is 2.03. The maximum atomic E-state index is 13.4. The lowest BCUT2D eigenvalue weighted by Gasteiger charge is -2.29. The van der Waals surface area contributed by atoms with Crippen molar-refractivity contribution in [3.05, 3.63) is 58.1 Å².